The molecule has 7 aromatic rings. The number of nitrogens with zero attached hydrogens (tertiary/aromatic N) is 5. The van der Waals surface area contributed by atoms with E-state index in [1.54, 1.807) is 47.9 Å². The highest BCUT2D eigenvalue weighted by Gasteiger charge is 2.45. The molecule has 0 bridgehead atoms. The molecule has 324 valence electrons. The van der Waals surface area contributed by atoms with Crippen molar-refractivity contribution in [3.8, 4) is 45.7 Å². The number of aromatic amines is 1. The van der Waals surface area contributed by atoms with Gasteiger partial charge in [0, 0.05) is 65.9 Å². The Morgan fingerprint density at radius 3 is 2.57 bits per heavy atom. The average Bonchev–Trinajstić information content (AvgIpc) is 3.93. The third-order valence-corrected chi connectivity index (χ3v) is 12.3. The fourth-order valence-corrected chi connectivity index (χ4v) is 8.88. The SMILES string of the molecule is CCc1c2c(nc3ccc(OC(=O)NCCNCc4cc5cc(-n6c(-c7cc(C(C)C)c(O)cc7O)n[nH]c6=O)ccc5n4C)cc13)-c1cc3c(c(=O)n1C2)COC(=O)C3(O)CC. The number of rotatable bonds is 11. The van der Waals surface area contributed by atoms with E-state index in [-0.39, 0.29) is 66.0 Å². The van der Waals surface area contributed by atoms with Gasteiger partial charge in [-0.05, 0) is 84.5 Å². The number of aryl methyl sites for hydroxylation is 2. The van der Waals surface area contributed by atoms with Gasteiger partial charge in [0.15, 0.2) is 11.4 Å². The quantitative estimate of drug-likeness (QED) is 0.0739. The second-order valence-electron chi connectivity index (χ2n) is 16.3. The maximum atomic E-state index is 13.7. The van der Waals surface area contributed by atoms with Crippen LogP contribution in [0.3, 0.4) is 0 Å². The van der Waals surface area contributed by atoms with Crippen LogP contribution in [-0.4, -0.2) is 69.4 Å². The number of amides is 1. The molecule has 1 atom stereocenters. The molecule has 4 aromatic heterocycles. The molecule has 6 heterocycles. The van der Waals surface area contributed by atoms with Gasteiger partial charge in [-0.3, -0.25) is 4.79 Å². The van der Waals surface area contributed by atoms with Crippen LogP contribution in [-0.2, 0) is 48.3 Å². The Morgan fingerprint density at radius 1 is 1.00 bits per heavy atom. The summed E-state index contributed by atoms with van der Waals surface area (Å²) in [5.41, 5.74) is 4.74. The highest BCUT2D eigenvalue weighted by atomic mass is 16.6. The van der Waals surface area contributed by atoms with Crippen LogP contribution in [0.2, 0.25) is 0 Å². The molecule has 63 heavy (non-hydrogen) atoms. The van der Waals surface area contributed by atoms with Crippen LogP contribution in [0, 0.1) is 0 Å². The van der Waals surface area contributed by atoms with Gasteiger partial charge in [-0.1, -0.05) is 27.7 Å². The summed E-state index contributed by atoms with van der Waals surface area (Å²) in [7, 11) is 1.94. The highest BCUT2D eigenvalue weighted by molar-refractivity contribution is 5.90. The van der Waals surface area contributed by atoms with Crippen molar-refractivity contribution in [3.63, 3.8) is 0 Å². The van der Waals surface area contributed by atoms with Crippen molar-refractivity contribution >= 4 is 33.9 Å². The lowest BCUT2D eigenvalue weighted by Gasteiger charge is -2.31. The Balaban J connectivity index is 0.853. The number of benzene rings is 3. The lowest BCUT2D eigenvalue weighted by Crippen LogP contribution is -2.44. The molecule has 17 nitrogen and oxygen atoms in total. The van der Waals surface area contributed by atoms with Gasteiger partial charge >= 0.3 is 17.8 Å². The van der Waals surface area contributed by atoms with E-state index in [2.05, 4.69) is 20.8 Å². The number of carbonyl (C=O) groups excluding carboxylic acids is 2. The second-order valence-corrected chi connectivity index (χ2v) is 16.3. The third-order valence-electron chi connectivity index (χ3n) is 12.3. The van der Waals surface area contributed by atoms with Gasteiger partial charge in [0.2, 0.25) is 0 Å². The fraction of sp³-hybridized carbons (Fsp3) is 0.304. The van der Waals surface area contributed by atoms with Gasteiger partial charge < -0.3 is 44.6 Å². The summed E-state index contributed by atoms with van der Waals surface area (Å²) in [6.45, 7) is 8.78. The van der Waals surface area contributed by atoms with E-state index >= 15 is 0 Å². The van der Waals surface area contributed by atoms with Gasteiger partial charge in [-0.25, -0.2) is 29.0 Å². The molecule has 0 aliphatic carbocycles. The number of H-pyrrole nitrogens is 1. The molecule has 2 aliphatic heterocycles. The number of aliphatic hydroxyl groups is 1. The first-order valence-electron chi connectivity index (χ1n) is 20.8. The number of hydrogen-bond acceptors (Lipinski definition) is 12. The van der Waals surface area contributed by atoms with Crippen LogP contribution in [0.1, 0.15) is 73.5 Å². The number of pyridine rings is 2. The van der Waals surface area contributed by atoms with Gasteiger partial charge in [-0.15, -0.1) is 0 Å². The largest absolute Gasteiger partial charge is 0.508 e. The van der Waals surface area contributed by atoms with Crippen LogP contribution in [0.5, 0.6) is 17.2 Å². The summed E-state index contributed by atoms with van der Waals surface area (Å²) < 4.78 is 15.9. The van der Waals surface area contributed by atoms with E-state index in [4.69, 9.17) is 14.5 Å². The summed E-state index contributed by atoms with van der Waals surface area (Å²) in [6, 6.07) is 17.4. The van der Waals surface area contributed by atoms with Crippen molar-refractivity contribution < 1.29 is 34.4 Å². The van der Waals surface area contributed by atoms with Crippen molar-refractivity contribution in [3.05, 3.63) is 115 Å². The van der Waals surface area contributed by atoms with E-state index in [1.165, 1.54) is 10.6 Å². The molecule has 0 fully saturated rings. The normalized spacial score (nSPS) is 15.4. The first-order chi connectivity index (χ1) is 30.2. The number of esters is 1. The topological polar surface area (TPSA) is 228 Å². The minimum Gasteiger partial charge on any atom is -0.508 e. The van der Waals surface area contributed by atoms with Crippen molar-refractivity contribution in [2.45, 2.75) is 71.8 Å². The summed E-state index contributed by atoms with van der Waals surface area (Å²) in [6.07, 6.45) is 0.0415. The number of carbonyl (C=O) groups is 2. The third kappa shape index (κ3) is 6.80. The Hall–Kier alpha value is -7.24. The lowest BCUT2D eigenvalue weighted by molar-refractivity contribution is -0.172. The Morgan fingerprint density at radius 2 is 1.81 bits per heavy atom. The molecule has 0 saturated carbocycles. The lowest BCUT2D eigenvalue weighted by atomic mass is 9.86. The zero-order valence-electron chi connectivity index (χ0n) is 35.3. The van der Waals surface area contributed by atoms with E-state index in [1.807, 2.05) is 50.6 Å². The van der Waals surface area contributed by atoms with Crippen molar-refractivity contribution in [1.29, 1.82) is 0 Å². The molecular formula is C46H46N8O9. The van der Waals surface area contributed by atoms with E-state index in [0.29, 0.717) is 59.0 Å². The summed E-state index contributed by atoms with van der Waals surface area (Å²) in [4.78, 5) is 57.1. The Kier molecular flexibility index (Phi) is 10.2. The summed E-state index contributed by atoms with van der Waals surface area (Å²) in [5, 5.41) is 46.8. The van der Waals surface area contributed by atoms with Crippen LogP contribution in [0.25, 0.3) is 50.3 Å². The molecule has 0 saturated heterocycles. The molecule has 6 N–H and O–H groups in total. The minimum atomic E-state index is -1.91. The van der Waals surface area contributed by atoms with Gasteiger partial charge in [-0.2, -0.15) is 5.10 Å². The first kappa shape index (κ1) is 41.1. The molecule has 0 spiro atoms. The fourth-order valence-electron chi connectivity index (χ4n) is 8.88. The molecule has 17 heteroatoms. The molecular weight excluding hydrogens is 809 g/mol. The molecule has 2 aliphatic rings. The predicted molar refractivity (Wildman–Crippen MR) is 233 cm³/mol. The summed E-state index contributed by atoms with van der Waals surface area (Å²) >= 11 is 0. The maximum Gasteiger partial charge on any atom is 0.412 e. The summed E-state index contributed by atoms with van der Waals surface area (Å²) in [5.74, 6) is -0.504. The molecule has 9 rings (SSSR count). The van der Waals surface area contributed by atoms with Crippen molar-refractivity contribution in [2.24, 2.45) is 7.05 Å². The number of ether oxygens (including phenoxy) is 2. The second kappa shape index (κ2) is 15.6. The number of phenols is 2. The number of phenolic OH excluding ortho intramolecular Hbond substituents is 2. The van der Waals surface area contributed by atoms with E-state index < -0.39 is 23.4 Å². The Labute approximate surface area is 359 Å². The molecule has 1 amide bonds. The number of aromatic nitrogens is 6. The van der Waals surface area contributed by atoms with Crippen LogP contribution in [0.15, 0.2) is 70.3 Å². The smallest absolute Gasteiger partial charge is 0.412 e. The number of aromatic hydroxyl groups is 2. The van der Waals surface area contributed by atoms with Crippen LogP contribution in [0.4, 0.5) is 4.79 Å². The van der Waals surface area contributed by atoms with Crippen molar-refractivity contribution in [1.82, 2.24) is 39.5 Å². The zero-order valence-corrected chi connectivity index (χ0v) is 35.3. The number of cyclic esters (lactones) is 1. The standard InChI is InChI=1S/C46H46N8O9/c1-6-28-30-16-27(9-10-35(30)49-40-32(28)21-53-37(40)18-34-33(42(53)57)22-62-43(58)46(34,61)7-2)63-45(60)48-13-12-47-20-26-15-24-14-25(8-11-36(24)52(26)5)54-41(50-51-44(54)59)31-17-29(23(3)4)38(55)19-39(31)56/h8-11,14-19,23,47,55-56,61H,6-7,12-13,20-22H2,1-5H3,(H,48,60)(H,51,59). The van der Waals surface area contributed by atoms with E-state index in [0.717, 1.165) is 33.1 Å². The zero-order chi connectivity index (χ0) is 44.5. The van der Waals surface area contributed by atoms with E-state index in [9.17, 15) is 34.5 Å². The van der Waals surface area contributed by atoms with Gasteiger partial charge in [0.1, 0.15) is 23.9 Å². The minimum absolute atomic E-state index is 0.0329. The highest BCUT2D eigenvalue weighted by Crippen LogP contribution is 2.41. The van der Waals surface area contributed by atoms with Crippen LogP contribution < -0.4 is 26.6 Å². The molecule has 1 unspecified atom stereocenters. The average molecular weight is 855 g/mol. The van der Waals surface area contributed by atoms with Gasteiger partial charge in [0.05, 0.1) is 40.3 Å². The number of hydrogen-bond donors (Lipinski definition) is 6. The van der Waals surface area contributed by atoms with Crippen molar-refractivity contribution in [2.75, 3.05) is 13.1 Å². The monoisotopic (exact) mass is 854 g/mol. The predicted octanol–water partition coefficient (Wildman–Crippen LogP) is 5.09. The Bertz CT molecular complexity index is 3160. The van der Waals surface area contributed by atoms with Gasteiger partial charge in [0.25, 0.3) is 5.56 Å². The number of fused-ring (bicyclic) bond motifs is 6. The molecule has 3 aromatic carbocycles. The van der Waals surface area contributed by atoms with Crippen LogP contribution >= 0.6 is 0 Å². The maximum absolute atomic E-state index is 13.7. The number of nitrogens with one attached hydrogen (secondary N) is 3. The first-order valence-corrected chi connectivity index (χ1v) is 20.8. The molecule has 0 radical (unpaired) electrons.